The van der Waals surface area contributed by atoms with Crippen molar-refractivity contribution in [2.75, 3.05) is 5.32 Å². The number of aromatic nitrogens is 2. The van der Waals surface area contributed by atoms with Gasteiger partial charge in [-0.15, -0.1) is 11.3 Å². The number of amides is 1. The van der Waals surface area contributed by atoms with Gasteiger partial charge in [0.05, 0.1) is 4.88 Å². The topological polar surface area (TPSA) is 91.9 Å². The van der Waals surface area contributed by atoms with Crippen molar-refractivity contribution >= 4 is 28.8 Å². The number of nitrogens with zero attached hydrogens (tertiary/aromatic N) is 1. The van der Waals surface area contributed by atoms with E-state index in [2.05, 4.69) is 15.3 Å². The van der Waals surface area contributed by atoms with Crippen LogP contribution in [0.15, 0.2) is 28.4 Å². The number of hydrogen-bond acceptors (Lipinski definition) is 5. The highest BCUT2D eigenvalue weighted by Crippen LogP contribution is 2.12. The van der Waals surface area contributed by atoms with Crippen molar-refractivity contribution in [2.24, 2.45) is 0 Å². The number of aryl methyl sites for hydroxylation is 1. The SMILES string of the molecule is Cc1nc(NC(=O)CCC(=O)c2cccs2)cc(=O)[nH]1. The summed E-state index contributed by atoms with van der Waals surface area (Å²) < 4.78 is 0. The van der Waals surface area contributed by atoms with Crippen molar-refractivity contribution in [1.29, 1.82) is 0 Å². The summed E-state index contributed by atoms with van der Waals surface area (Å²) in [5.41, 5.74) is -0.331. The van der Waals surface area contributed by atoms with Gasteiger partial charge < -0.3 is 10.3 Å². The molecule has 0 saturated carbocycles. The van der Waals surface area contributed by atoms with Gasteiger partial charge in [0, 0.05) is 18.9 Å². The number of H-pyrrole nitrogens is 1. The Labute approximate surface area is 118 Å². The first-order valence-corrected chi connectivity index (χ1v) is 6.87. The minimum Gasteiger partial charge on any atom is -0.311 e. The molecule has 0 spiro atoms. The molecule has 2 rings (SSSR count). The molecule has 2 aromatic rings. The number of thiophene rings is 1. The largest absolute Gasteiger partial charge is 0.311 e. The molecule has 0 radical (unpaired) electrons. The Morgan fingerprint density at radius 2 is 2.20 bits per heavy atom. The van der Waals surface area contributed by atoms with Gasteiger partial charge in [-0.3, -0.25) is 14.4 Å². The molecule has 0 unspecified atom stereocenters. The van der Waals surface area contributed by atoms with Crippen LogP contribution in [-0.4, -0.2) is 21.7 Å². The first kappa shape index (κ1) is 14.1. The van der Waals surface area contributed by atoms with Crippen LogP contribution in [-0.2, 0) is 4.79 Å². The molecular formula is C13H13N3O3S. The number of rotatable bonds is 5. The number of anilines is 1. The molecule has 0 fully saturated rings. The summed E-state index contributed by atoms with van der Waals surface area (Å²) in [6.07, 6.45) is 0.193. The van der Waals surface area contributed by atoms with Crippen LogP contribution in [0.4, 0.5) is 5.82 Å². The molecule has 2 heterocycles. The smallest absolute Gasteiger partial charge is 0.252 e. The lowest BCUT2D eigenvalue weighted by atomic mass is 10.2. The molecule has 6 nitrogen and oxygen atoms in total. The van der Waals surface area contributed by atoms with E-state index in [-0.39, 0.29) is 35.9 Å². The Bertz CT molecular complexity index is 676. The molecule has 0 aliphatic carbocycles. The predicted molar refractivity (Wildman–Crippen MR) is 76.1 cm³/mol. The third-order valence-electron chi connectivity index (χ3n) is 2.50. The summed E-state index contributed by atoms with van der Waals surface area (Å²) in [5, 5.41) is 4.32. The van der Waals surface area contributed by atoms with E-state index in [1.807, 2.05) is 5.38 Å². The second-order valence-corrected chi connectivity index (χ2v) is 5.11. The molecule has 104 valence electrons. The van der Waals surface area contributed by atoms with Gasteiger partial charge in [0.1, 0.15) is 11.6 Å². The Morgan fingerprint density at radius 3 is 2.85 bits per heavy atom. The van der Waals surface area contributed by atoms with Gasteiger partial charge in [0.2, 0.25) is 5.91 Å². The highest BCUT2D eigenvalue weighted by atomic mass is 32.1. The molecule has 0 aliphatic rings. The first-order chi connectivity index (χ1) is 9.54. The normalized spacial score (nSPS) is 10.2. The van der Waals surface area contributed by atoms with Crippen LogP contribution >= 0.6 is 11.3 Å². The zero-order valence-corrected chi connectivity index (χ0v) is 11.6. The molecule has 0 aliphatic heterocycles. The van der Waals surface area contributed by atoms with E-state index in [1.54, 1.807) is 19.1 Å². The molecule has 2 N–H and O–H groups in total. The van der Waals surface area contributed by atoms with Crippen molar-refractivity contribution < 1.29 is 9.59 Å². The quantitative estimate of drug-likeness (QED) is 0.821. The molecule has 20 heavy (non-hydrogen) atoms. The number of nitrogens with one attached hydrogen (secondary N) is 2. The lowest BCUT2D eigenvalue weighted by Crippen LogP contribution is -2.17. The van der Waals surface area contributed by atoms with Crippen molar-refractivity contribution in [2.45, 2.75) is 19.8 Å². The summed E-state index contributed by atoms with van der Waals surface area (Å²) in [5.74, 6) is 0.208. The lowest BCUT2D eigenvalue weighted by Gasteiger charge is -2.04. The average Bonchev–Trinajstić information content (AvgIpc) is 2.88. The Kier molecular flexibility index (Phi) is 4.41. The highest BCUT2D eigenvalue weighted by molar-refractivity contribution is 7.12. The maximum absolute atomic E-state index is 11.7. The standard InChI is InChI=1S/C13H13N3O3S/c1-8-14-11(7-13(19)15-8)16-12(18)5-4-9(17)10-3-2-6-20-10/h2-3,6-7H,4-5H2,1H3,(H2,14,15,16,18,19). The van der Waals surface area contributed by atoms with Gasteiger partial charge in [0.15, 0.2) is 5.78 Å². The van der Waals surface area contributed by atoms with E-state index >= 15 is 0 Å². The molecule has 0 aromatic carbocycles. The van der Waals surface area contributed by atoms with Gasteiger partial charge in [-0.25, -0.2) is 4.98 Å². The summed E-state index contributed by atoms with van der Waals surface area (Å²) in [6, 6.07) is 4.72. The zero-order valence-electron chi connectivity index (χ0n) is 10.8. The van der Waals surface area contributed by atoms with E-state index in [0.29, 0.717) is 10.7 Å². The van der Waals surface area contributed by atoms with E-state index in [0.717, 1.165) is 0 Å². The Morgan fingerprint density at radius 1 is 1.40 bits per heavy atom. The second kappa shape index (κ2) is 6.25. The third kappa shape index (κ3) is 3.86. The molecule has 0 atom stereocenters. The van der Waals surface area contributed by atoms with Crippen LogP contribution < -0.4 is 10.9 Å². The van der Waals surface area contributed by atoms with Gasteiger partial charge in [0.25, 0.3) is 5.56 Å². The minimum atomic E-state index is -0.340. The third-order valence-corrected chi connectivity index (χ3v) is 3.41. The predicted octanol–water partition coefficient (Wildman–Crippen LogP) is 1.74. The van der Waals surface area contributed by atoms with E-state index < -0.39 is 0 Å². The van der Waals surface area contributed by atoms with E-state index in [9.17, 15) is 14.4 Å². The van der Waals surface area contributed by atoms with Gasteiger partial charge >= 0.3 is 0 Å². The lowest BCUT2D eigenvalue weighted by molar-refractivity contribution is -0.116. The second-order valence-electron chi connectivity index (χ2n) is 4.16. The summed E-state index contributed by atoms with van der Waals surface area (Å²) >= 11 is 1.35. The molecular weight excluding hydrogens is 278 g/mol. The molecule has 2 aromatic heterocycles. The van der Waals surface area contributed by atoms with Crippen LogP contribution in [0.1, 0.15) is 28.3 Å². The van der Waals surface area contributed by atoms with Crippen LogP contribution in [0.25, 0.3) is 0 Å². The van der Waals surface area contributed by atoms with Crippen molar-refractivity contribution in [3.63, 3.8) is 0 Å². The van der Waals surface area contributed by atoms with Crippen molar-refractivity contribution in [3.8, 4) is 0 Å². The van der Waals surface area contributed by atoms with E-state index in [1.165, 1.54) is 17.4 Å². The molecule has 0 saturated heterocycles. The van der Waals surface area contributed by atoms with Crippen LogP contribution in [0.5, 0.6) is 0 Å². The van der Waals surface area contributed by atoms with Gasteiger partial charge in [-0.2, -0.15) is 0 Å². The highest BCUT2D eigenvalue weighted by Gasteiger charge is 2.11. The van der Waals surface area contributed by atoms with Crippen LogP contribution in [0, 0.1) is 6.92 Å². The fourth-order valence-corrected chi connectivity index (χ4v) is 2.33. The zero-order chi connectivity index (χ0) is 14.5. The maximum atomic E-state index is 11.7. The Hall–Kier alpha value is -2.28. The van der Waals surface area contributed by atoms with Crippen molar-refractivity contribution in [3.05, 3.63) is 44.6 Å². The monoisotopic (exact) mass is 291 g/mol. The molecule has 1 amide bonds. The summed E-state index contributed by atoms with van der Waals surface area (Å²) in [7, 11) is 0. The Balaban J connectivity index is 1.89. The van der Waals surface area contributed by atoms with E-state index in [4.69, 9.17) is 0 Å². The first-order valence-electron chi connectivity index (χ1n) is 5.99. The van der Waals surface area contributed by atoms with Crippen LogP contribution in [0.2, 0.25) is 0 Å². The van der Waals surface area contributed by atoms with Crippen molar-refractivity contribution in [1.82, 2.24) is 9.97 Å². The number of aromatic amines is 1. The average molecular weight is 291 g/mol. The fraction of sp³-hybridized carbons (Fsp3) is 0.231. The minimum absolute atomic E-state index is 0.0598. The molecule has 0 bridgehead atoms. The summed E-state index contributed by atoms with van der Waals surface area (Å²) in [6.45, 7) is 1.62. The fourth-order valence-electron chi connectivity index (χ4n) is 1.64. The van der Waals surface area contributed by atoms with Crippen LogP contribution in [0.3, 0.4) is 0 Å². The molecule has 7 heteroatoms. The number of ketones is 1. The number of Topliss-reactive ketones (excluding diaryl/α,β-unsaturated/α-hetero) is 1. The summed E-state index contributed by atoms with van der Waals surface area (Å²) in [4.78, 5) is 41.7. The number of hydrogen-bond donors (Lipinski definition) is 2. The van der Waals surface area contributed by atoms with Gasteiger partial charge in [-0.1, -0.05) is 6.07 Å². The number of carbonyl (C=O) groups excluding carboxylic acids is 2. The maximum Gasteiger partial charge on any atom is 0.252 e. The van der Waals surface area contributed by atoms with Gasteiger partial charge in [-0.05, 0) is 18.4 Å². The number of carbonyl (C=O) groups is 2.